The minimum Gasteiger partial charge on any atom is -0.448 e. The van der Waals surface area contributed by atoms with Gasteiger partial charge in [-0.3, -0.25) is 4.79 Å². The number of Topliss-reactive ketones (excluding diaryl/α,β-unsaturated/α-hetero) is 1. The van der Waals surface area contributed by atoms with Crippen molar-refractivity contribution < 1.29 is 14.3 Å². The molecule has 0 aromatic carbocycles. The molecule has 0 radical (unpaired) electrons. The first-order chi connectivity index (χ1) is 8.87. The molecule has 19 heavy (non-hydrogen) atoms. The fourth-order valence-corrected chi connectivity index (χ4v) is 3.58. The highest BCUT2D eigenvalue weighted by molar-refractivity contribution is 5.85. The Hall–Kier alpha value is -1.32. The summed E-state index contributed by atoms with van der Waals surface area (Å²) in [5.41, 5.74) is -0.520. The molecule has 2 aliphatic rings. The zero-order valence-electron chi connectivity index (χ0n) is 12.1. The van der Waals surface area contributed by atoms with E-state index in [1.165, 1.54) is 0 Å². The van der Waals surface area contributed by atoms with Crippen LogP contribution in [0.4, 0.5) is 4.79 Å². The van der Waals surface area contributed by atoms with Crippen LogP contribution in [0.5, 0.6) is 0 Å². The van der Waals surface area contributed by atoms with Crippen molar-refractivity contribution in [1.29, 1.82) is 0 Å². The minimum absolute atomic E-state index is 0.0399. The second-order valence-electron chi connectivity index (χ2n) is 6.15. The van der Waals surface area contributed by atoms with Crippen molar-refractivity contribution >= 4 is 11.9 Å². The Kier molecular flexibility index (Phi) is 3.70. The number of hydrogen-bond donors (Lipinski definition) is 1. The van der Waals surface area contributed by atoms with Crippen molar-refractivity contribution in [3.8, 4) is 0 Å². The quantitative estimate of drug-likeness (QED) is 0.795. The maximum atomic E-state index is 12.2. The molecule has 0 aromatic rings. The number of nitrogens with one attached hydrogen (secondary N) is 1. The maximum absolute atomic E-state index is 12.2. The van der Waals surface area contributed by atoms with Crippen molar-refractivity contribution in [3.63, 3.8) is 0 Å². The number of carbonyl (C=O) groups excluding carboxylic acids is 2. The summed E-state index contributed by atoms with van der Waals surface area (Å²) in [6.07, 6.45) is 4.89. The molecule has 1 N–H and O–H groups in total. The third-order valence-corrected chi connectivity index (χ3v) is 4.74. The fourth-order valence-electron chi connectivity index (χ4n) is 3.58. The van der Waals surface area contributed by atoms with E-state index in [9.17, 15) is 9.59 Å². The van der Waals surface area contributed by atoms with Crippen molar-refractivity contribution in [2.45, 2.75) is 40.2 Å². The van der Waals surface area contributed by atoms with Gasteiger partial charge >= 0.3 is 6.09 Å². The molecule has 4 heteroatoms. The molecule has 2 bridgehead atoms. The van der Waals surface area contributed by atoms with Gasteiger partial charge in [-0.05, 0) is 44.9 Å². The minimum atomic E-state index is -0.520. The van der Waals surface area contributed by atoms with E-state index >= 15 is 0 Å². The molecular formula is C15H23NO3. The molecule has 4 atom stereocenters. The van der Waals surface area contributed by atoms with Gasteiger partial charge in [0.2, 0.25) is 0 Å². The molecule has 0 spiro atoms. The molecule has 0 saturated heterocycles. The third-order valence-electron chi connectivity index (χ3n) is 4.74. The summed E-state index contributed by atoms with van der Waals surface area (Å²) in [7, 11) is 0. The molecule has 0 heterocycles. The second-order valence-corrected chi connectivity index (χ2v) is 6.15. The molecule has 4 nitrogen and oxygen atoms in total. The summed E-state index contributed by atoms with van der Waals surface area (Å²) in [5, 5.41) is 2.69. The lowest BCUT2D eigenvalue weighted by Gasteiger charge is -2.37. The monoisotopic (exact) mass is 265 g/mol. The van der Waals surface area contributed by atoms with Gasteiger partial charge in [0, 0.05) is 6.04 Å². The van der Waals surface area contributed by atoms with Crippen LogP contribution in [0.3, 0.4) is 0 Å². The first-order valence-electron chi connectivity index (χ1n) is 7.00. The highest BCUT2D eigenvalue weighted by Crippen LogP contribution is 2.56. The number of carbonyl (C=O) groups is 2. The maximum Gasteiger partial charge on any atom is 0.407 e. The van der Waals surface area contributed by atoms with Gasteiger partial charge in [0.05, 0.1) is 5.41 Å². The summed E-state index contributed by atoms with van der Waals surface area (Å²) in [6, 6.07) is 0.0399. The zero-order chi connectivity index (χ0) is 14.2. The Bertz CT molecular complexity index is 416. The van der Waals surface area contributed by atoms with E-state index in [2.05, 4.69) is 24.4 Å². The molecule has 2 rings (SSSR count). The van der Waals surface area contributed by atoms with Gasteiger partial charge in [-0.2, -0.15) is 0 Å². The Labute approximate surface area is 114 Å². The van der Waals surface area contributed by atoms with Crippen molar-refractivity contribution in [3.05, 3.63) is 12.2 Å². The normalized spacial score (nSPS) is 35.7. The van der Waals surface area contributed by atoms with E-state index in [-0.39, 0.29) is 30.3 Å². The molecule has 1 amide bonds. The number of hydrogen-bond acceptors (Lipinski definition) is 3. The lowest BCUT2D eigenvalue weighted by molar-refractivity contribution is -0.133. The standard InChI is InChI=1S/C15H23NO3/c1-9(2)16-14(18)19-8-15(11(4)17)10(3)12-5-6-13(15)7-12/h5-6,9-10,12-13H,7-8H2,1-4H3,(H,16,18). The van der Waals surface area contributed by atoms with Crippen LogP contribution in [0.1, 0.15) is 34.1 Å². The highest BCUT2D eigenvalue weighted by Gasteiger charge is 2.57. The van der Waals surface area contributed by atoms with Crippen molar-refractivity contribution in [1.82, 2.24) is 5.32 Å². The summed E-state index contributed by atoms with van der Waals surface area (Å²) < 4.78 is 5.32. The van der Waals surface area contributed by atoms with Gasteiger partial charge in [0.1, 0.15) is 12.4 Å². The molecule has 1 fully saturated rings. The Morgan fingerprint density at radius 2 is 2.11 bits per heavy atom. The topological polar surface area (TPSA) is 55.4 Å². The van der Waals surface area contributed by atoms with E-state index in [1.807, 2.05) is 13.8 Å². The Balaban J connectivity index is 2.08. The van der Waals surface area contributed by atoms with Gasteiger partial charge in [0.25, 0.3) is 0 Å². The third kappa shape index (κ3) is 2.28. The average Bonchev–Trinajstić information content (AvgIpc) is 2.86. The fraction of sp³-hybridized carbons (Fsp3) is 0.733. The predicted octanol–water partition coefficient (Wildman–Crippen LogP) is 2.54. The smallest absolute Gasteiger partial charge is 0.407 e. The number of allylic oxidation sites excluding steroid dienone is 2. The van der Waals surface area contributed by atoms with Crippen LogP contribution in [0, 0.1) is 23.2 Å². The number of alkyl carbamates (subject to hydrolysis) is 1. The Morgan fingerprint density at radius 3 is 2.58 bits per heavy atom. The number of ether oxygens (including phenoxy) is 1. The molecule has 106 valence electrons. The summed E-state index contributed by atoms with van der Waals surface area (Å²) in [4.78, 5) is 23.8. The Morgan fingerprint density at radius 1 is 1.42 bits per heavy atom. The van der Waals surface area contributed by atoms with Crippen LogP contribution < -0.4 is 5.32 Å². The van der Waals surface area contributed by atoms with E-state index < -0.39 is 11.5 Å². The molecule has 2 aliphatic carbocycles. The van der Waals surface area contributed by atoms with Gasteiger partial charge in [0.15, 0.2) is 0 Å². The molecule has 0 aliphatic heterocycles. The van der Waals surface area contributed by atoms with Gasteiger partial charge in [-0.15, -0.1) is 0 Å². The SMILES string of the molecule is CC(=O)C1(COC(=O)NC(C)C)C2C=CC(C2)C1C. The van der Waals surface area contributed by atoms with E-state index in [1.54, 1.807) is 6.92 Å². The lowest BCUT2D eigenvalue weighted by Crippen LogP contribution is -2.45. The second kappa shape index (κ2) is 4.99. The van der Waals surface area contributed by atoms with Crippen LogP contribution in [0.15, 0.2) is 12.2 Å². The molecular weight excluding hydrogens is 242 g/mol. The largest absolute Gasteiger partial charge is 0.448 e. The van der Waals surface area contributed by atoms with Gasteiger partial charge < -0.3 is 10.1 Å². The summed E-state index contributed by atoms with van der Waals surface area (Å²) in [6.45, 7) is 7.66. The van der Waals surface area contributed by atoms with Crippen molar-refractivity contribution in [2.24, 2.45) is 23.2 Å². The summed E-state index contributed by atoms with van der Waals surface area (Å²) >= 11 is 0. The van der Waals surface area contributed by atoms with E-state index in [0.717, 1.165) is 6.42 Å². The zero-order valence-corrected chi connectivity index (χ0v) is 12.1. The molecule has 1 saturated carbocycles. The van der Waals surface area contributed by atoms with E-state index in [4.69, 9.17) is 4.74 Å². The molecule has 0 aromatic heterocycles. The van der Waals surface area contributed by atoms with Crippen LogP contribution in [0.25, 0.3) is 0 Å². The number of fused-ring (bicyclic) bond motifs is 2. The van der Waals surface area contributed by atoms with E-state index in [0.29, 0.717) is 5.92 Å². The lowest BCUT2D eigenvalue weighted by atomic mass is 9.67. The number of ketones is 1. The van der Waals surface area contributed by atoms with Crippen LogP contribution >= 0.6 is 0 Å². The number of rotatable bonds is 4. The van der Waals surface area contributed by atoms with Gasteiger partial charge in [-0.25, -0.2) is 4.79 Å². The predicted molar refractivity (Wildman–Crippen MR) is 72.6 cm³/mol. The van der Waals surface area contributed by atoms with Crippen LogP contribution in [0.2, 0.25) is 0 Å². The van der Waals surface area contributed by atoms with Crippen LogP contribution in [-0.2, 0) is 9.53 Å². The number of amides is 1. The average molecular weight is 265 g/mol. The molecule has 4 unspecified atom stereocenters. The first-order valence-corrected chi connectivity index (χ1v) is 7.00. The summed E-state index contributed by atoms with van der Waals surface area (Å²) in [5.74, 6) is 1.04. The van der Waals surface area contributed by atoms with Crippen molar-refractivity contribution in [2.75, 3.05) is 6.61 Å². The van der Waals surface area contributed by atoms with Crippen LogP contribution in [-0.4, -0.2) is 24.5 Å². The first kappa shape index (κ1) is 14.1. The van der Waals surface area contributed by atoms with Gasteiger partial charge in [-0.1, -0.05) is 19.1 Å². The highest BCUT2D eigenvalue weighted by atomic mass is 16.5.